The van der Waals surface area contributed by atoms with Crippen LogP contribution in [0.3, 0.4) is 0 Å². The number of hydrogen-bond acceptors (Lipinski definition) is 3. The van der Waals surface area contributed by atoms with Crippen molar-refractivity contribution in [2.45, 2.75) is 25.8 Å². The molecule has 0 aliphatic carbocycles. The molecule has 2 heterocycles. The fourth-order valence-corrected chi connectivity index (χ4v) is 2.62. The van der Waals surface area contributed by atoms with Gasteiger partial charge < -0.3 is 10.2 Å². The predicted molar refractivity (Wildman–Crippen MR) is 59.6 cm³/mol. The minimum absolute atomic E-state index is 0.832. The van der Waals surface area contributed by atoms with Gasteiger partial charge in [-0.05, 0) is 25.9 Å². The second-order valence-corrected chi connectivity index (χ2v) is 4.52. The van der Waals surface area contributed by atoms with Crippen molar-refractivity contribution in [2.75, 3.05) is 45.8 Å². The van der Waals surface area contributed by atoms with Gasteiger partial charge in [0.1, 0.15) is 0 Å². The van der Waals surface area contributed by atoms with Gasteiger partial charge in [0.25, 0.3) is 0 Å². The summed E-state index contributed by atoms with van der Waals surface area (Å²) in [6.07, 6.45) is 2.65. The van der Waals surface area contributed by atoms with Crippen molar-refractivity contribution >= 4 is 0 Å². The Balaban J connectivity index is 1.72. The van der Waals surface area contributed by atoms with Crippen molar-refractivity contribution in [1.82, 2.24) is 15.1 Å². The van der Waals surface area contributed by atoms with Gasteiger partial charge in [-0.3, -0.25) is 4.90 Å². The van der Waals surface area contributed by atoms with Gasteiger partial charge in [-0.2, -0.15) is 0 Å². The van der Waals surface area contributed by atoms with E-state index in [1.807, 2.05) is 0 Å². The standard InChI is InChI=1S/C11H23N3/c1-2-5-13-6-8-14(9-7-13)11-3-4-12-10-11/h11-12H,2-10H2,1H3. The summed E-state index contributed by atoms with van der Waals surface area (Å²) in [7, 11) is 0. The van der Waals surface area contributed by atoms with Crippen LogP contribution in [0, 0.1) is 0 Å². The quantitative estimate of drug-likeness (QED) is 0.705. The van der Waals surface area contributed by atoms with Crippen LogP contribution < -0.4 is 5.32 Å². The van der Waals surface area contributed by atoms with Crippen LogP contribution >= 0.6 is 0 Å². The molecule has 3 heteroatoms. The molecular weight excluding hydrogens is 174 g/mol. The molecule has 0 amide bonds. The summed E-state index contributed by atoms with van der Waals surface area (Å²) < 4.78 is 0. The lowest BCUT2D eigenvalue weighted by atomic mass is 10.2. The molecule has 3 nitrogen and oxygen atoms in total. The van der Waals surface area contributed by atoms with Gasteiger partial charge in [-0.15, -0.1) is 0 Å². The number of nitrogens with zero attached hydrogens (tertiary/aromatic N) is 2. The first-order valence-corrected chi connectivity index (χ1v) is 6.07. The van der Waals surface area contributed by atoms with Crippen molar-refractivity contribution < 1.29 is 0 Å². The maximum atomic E-state index is 3.45. The van der Waals surface area contributed by atoms with E-state index in [4.69, 9.17) is 0 Å². The zero-order chi connectivity index (χ0) is 9.80. The number of hydrogen-bond donors (Lipinski definition) is 1. The van der Waals surface area contributed by atoms with Crippen LogP contribution in [0.4, 0.5) is 0 Å². The maximum absolute atomic E-state index is 3.45. The zero-order valence-corrected chi connectivity index (χ0v) is 9.34. The van der Waals surface area contributed by atoms with E-state index in [0.717, 1.165) is 6.04 Å². The molecule has 0 aromatic rings. The average Bonchev–Trinajstić information content (AvgIpc) is 2.72. The summed E-state index contributed by atoms with van der Waals surface area (Å²) in [6, 6.07) is 0.832. The molecule has 0 saturated carbocycles. The summed E-state index contributed by atoms with van der Waals surface area (Å²) in [5.41, 5.74) is 0. The molecule has 2 fully saturated rings. The van der Waals surface area contributed by atoms with Gasteiger partial charge in [-0.1, -0.05) is 6.92 Å². The first kappa shape index (κ1) is 10.4. The summed E-state index contributed by atoms with van der Waals surface area (Å²) in [4.78, 5) is 5.27. The van der Waals surface area contributed by atoms with E-state index >= 15 is 0 Å². The first-order chi connectivity index (χ1) is 6.90. The van der Waals surface area contributed by atoms with E-state index in [9.17, 15) is 0 Å². The highest BCUT2D eigenvalue weighted by Gasteiger charge is 2.25. The molecule has 14 heavy (non-hydrogen) atoms. The van der Waals surface area contributed by atoms with Crippen LogP contribution in [-0.4, -0.2) is 61.7 Å². The molecule has 82 valence electrons. The molecule has 0 spiro atoms. The van der Waals surface area contributed by atoms with E-state index in [1.54, 1.807) is 0 Å². The van der Waals surface area contributed by atoms with Crippen molar-refractivity contribution in [2.24, 2.45) is 0 Å². The summed E-state index contributed by atoms with van der Waals surface area (Å²) >= 11 is 0. The van der Waals surface area contributed by atoms with Gasteiger partial charge in [-0.25, -0.2) is 0 Å². The van der Waals surface area contributed by atoms with Crippen LogP contribution in [0.15, 0.2) is 0 Å². The molecule has 0 aromatic heterocycles. The third kappa shape index (κ3) is 2.47. The smallest absolute Gasteiger partial charge is 0.0233 e. The van der Waals surface area contributed by atoms with E-state index < -0.39 is 0 Å². The summed E-state index contributed by atoms with van der Waals surface area (Å²) in [5, 5.41) is 3.45. The number of piperazine rings is 1. The van der Waals surface area contributed by atoms with Crippen molar-refractivity contribution in [3.05, 3.63) is 0 Å². The van der Waals surface area contributed by atoms with E-state index in [2.05, 4.69) is 22.0 Å². The Morgan fingerprint density at radius 3 is 2.57 bits per heavy atom. The van der Waals surface area contributed by atoms with E-state index in [1.165, 1.54) is 58.7 Å². The highest BCUT2D eigenvalue weighted by Crippen LogP contribution is 2.11. The molecule has 1 unspecified atom stereocenters. The fraction of sp³-hybridized carbons (Fsp3) is 1.00. The Bertz CT molecular complexity index is 158. The molecule has 0 aromatic carbocycles. The van der Waals surface area contributed by atoms with Gasteiger partial charge in [0.2, 0.25) is 0 Å². The van der Waals surface area contributed by atoms with Crippen LogP contribution in [0.5, 0.6) is 0 Å². The molecule has 2 aliphatic heterocycles. The SMILES string of the molecule is CCCN1CCN(C2CCNC2)CC1. The first-order valence-electron chi connectivity index (χ1n) is 6.07. The number of nitrogens with one attached hydrogen (secondary N) is 1. The Labute approximate surface area is 87.4 Å². The molecule has 2 rings (SSSR count). The molecule has 2 aliphatic rings. The van der Waals surface area contributed by atoms with E-state index in [-0.39, 0.29) is 0 Å². The second kappa shape index (κ2) is 5.10. The normalized spacial score (nSPS) is 31.1. The van der Waals surface area contributed by atoms with Crippen LogP contribution in [0.25, 0.3) is 0 Å². The minimum atomic E-state index is 0.832. The Kier molecular flexibility index (Phi) is 3.79. The van der Waals surface area contributed by atoms with Crippen molar-refractivity contribution in [3.8, 4) is 0 Å². The largest absolute Gasteiger partial charge is 0.315 e. The Morgan fingerprint density at radius 1 is 1.21 bits per heavy atom. The highest BCUT2D eigenvalue weighted by molar-refractivity contribution is 4.84. The van der Waals surface area contributed by atoms with E-state index in [0.29, 0.717) is 0 Å². The lowest BCUT2D eigenvalue weighted by Gasteiger charge is -2.37. The lowest BCUT2D eigenvalue weighted by Crippen LogP contribution is -2.50. The maximum Gasteiger partial charge on any atom is 0.0233 e. The van der Waals surface area contributed by atoms with Crippen LogP contribution in [-0.2, 0) is 0 Å². The molecule has 0 radical (unpaired) electrons. The van der Waals surface area contributed by atoms with Gasteiger partial charge in [0.15, 0.2) is 0 Å². The van der Waals surface area contributed by atoms with Crippen molar-refractivity contribution in [1.29, 1.82) is 0 Å². The third-order valence-electron chi connectivity index (χ3n) is 3.50. The molecule has 1 N–H and O–H groups in total. The average molecular weight is 197 g/mol. The zero-order valence-electron chi connectivity index (χ0n) is 9.34. The molecule has 0 bridgehead atoms. The van der Waals surface area contributed by atoms with Crippen LogP contribution in [0.2, 0.25) is 0 Å². The highest BCUT2D eigenvalue weighted by atomic mass is 15.3. The van der Waals surface area contributed by atoms with Gasteiger partial charge >= 0.3 is 0 Å². The third-order valence-corrected chi connectivity index (χ3v) is 3.50. The monoisotopic (exact) mass is 197 g/mol. The summed E-state index contributed by atoms with van der Waals surface area (Å²) in [6.45, 7) is 11.1. The Morgan fingerprint density at radius 2 is 2.00 bits per heavy atom. The minimum Gasteiger partial charge on any atom is -0.315 e. The molecular formula is C11H23N3. The molecule has 1 atom stereocenters. The molecule has 2 saturated heterocycles. The summed E-state index contributed by atoms with van der Waals surface area (Å²) in [5.74, 6) is 0. The van der Waals surface area contributed by atoms with Crippen molar-refractivity contribution in [3.63, 3.8) is 0 Å². The number of rotatable bonds is 3. The van der Waals surface area contributed by atoms with Gasteiger partial charge in [0.05, 0.1) is 0 Å². The lowest BCUT2D eigenvalue weighted by molar-refractivity contribution is 0.103. The Hall–Kier alpha value is -0.120. The topological polar surface area (TPSA) is 18.5 Å². The van der Waals surface area contributed by atoms with Crippen LogP contribution in [0.1, 0.15) is 19.8 Å². The predicted octanol–water partition coefficient (Wildman–Crippen LogP) is 0.376. The fourth-order valence-electron chi connectivity index (χ4n) is 2.62. The second-order valence-electron chi connectivity index (χ2n) is 4.52. The van der Waals surface area contributed by atoms with Gasteiger partial charge in [0, 0.05) is 38.8 Å².